The van der Waals surface area contributed by atoms with E-state index in [1.807, 2.05) is 35.2 Å². The first kappa shape index (κ1) is 15.2. The van der Waals surface area contributed by atoms with Gasteiger partial charge in [-0.15, -0.1) is 0 Å². The molecule has 2 aliphatic heterocycles. The second-order valence-electron chi connectivity index (χ2n) is 6.46. The third-order valence-corrected chi connectivity index (χ3v) is 4.86. The number of hydrogen-bond acceptors (Lipinski definition) is 4. The summed E-state index contributed by atoms with van der Waals surface area (Å²) in [4.78, 5) is 17.1. The molecular weight excluding hydrogens is 304 g/mol. The normalized spacial score (nSPS) is 20.8. The first-order valence-corrected chi connectivity index (χ1v) is 8.55. The van der Waals surface area contributed by atoms with Gasteiger partial charge in [0.05, 0.1) is 5.69 Å². The fraction of sp³-hybridized carbons (Fsp3) is 0.444. The third-order valence-electron chi connectivity index (χ3n) is 4.86. The summed E-state index contributed by atoms with van der Waals surface area (Å²) in [5.41, 5.74) is 1.29. The topological polar surface area (TPSA) is 61.5 Å². The third kappa shape index (κ3) is 3.14. The van der Waals surface area contributed by atoms with E-state index in [4.69, 9.17) is 4.74 Å². The lowest BCUT2D eigenvalue weighted by atomic mass is 10.1. The van der Waals surface area contributed by atoms with Crippen molar-refractivity contribution in [1.82, 2.24) is 20.0 Å². The first-order chi connectivity index (χ1) is 11.8. The summed E-state index contributed by atoms with van der Waals surface area (Å²) in [6, 6.07) is 11.9. The van der Waals surface area contributed by atoms with E-state index >= 15 is 0 Å². The predicted octanol–water partition coefficient (Wildman–Crippen LogP) is 1.91. The van der Waals surface area contributed by atoms with Gasteiger partial charge in [0.25, 0.3) is 5.91 Å². The van der Waals surface area contributed by atoms with Gasteiger partial charge in [-0.05, 0) is 37.6 Å². The van der Waals surface area contributed by atoms with E-state index in [9.17, 15) is 4.79 Å². The van der Waals surface area contributed by atoms with E-state index < -0.39 is 0 Å². The minimum Gasteiger partial charge on any atom is -0.487 e. The molecule has 1 amide bonds. The molecule has 0 bridgehead atoms. The molecule has 24 heavy (non-hydrogen) atoms. The number of nitrogens with zero attached hydrogens (tertiary/aromatic N) is 3. The van der Waals surface area contributed by atoms with Crippen LogP contribution in [0.1, 0.15) is 29.0 Å². The zero-order valence-electron chi connectivity index (χ0n) is 13.6. The number of carbonyl (C=O) groups excluding carboxylic acids is 1. The van der Waals surface area contributed by atoms with Crippen molar-refractivity contribution in [2.24, 2.45) is 0 Å². The average Bonchev–Trinajstić information content (AvgIpc) is 3.29. The molecule has 1 aromatic carbocycles. The maximum atomic E-state index is 12.7. The standard InChI is InChI=1S/C18H22N4O2/c23-18(22-10-9-21-8-4-5-15(21)12-22)17-11-14(19-20-17)13-24-16-6-2-1-3-7-16/h1-3,6-7,11,15H,4-5,8-10,12-13H2,(H,19,20). The maximum absolute atomic E-state index is 12.7. The van der Waals surface area contributed by atoms with Gasteiger partial charge in [-0.2, -0.15) is 5.10 Å². The number of fused-ring (bicyclic) bond motifs is 1. The molecule has 0 radical (unpaired) electrons. The fourth-order valence-corrected chi connectivity index (χ4v) is 3.56. The molecule has 6 heteroatoms. The van der Waals surface area contributed by atoms with Crippen LogP contribution >= 0.6 is 0 Å². The number of H-pyrrole nitrogens is 1. The Morgan fingerprint density at radius 3 is 3.00 bits per heavy atom. The van der Waals surface area contributed by atoms with Gasteiger partial charge in [0.15, 0.2) is 5.69 Å². The van der Waals surface area contributed by atoms with Gasteiger partial charge < -0.3 is 9.64 Å². The van der Waals surface area contributed by atoms with Gasteiger partial charge in [0, 0.05) is 25.7 Å². The van der Waals surface area contributed by atoms with Gasteiger partial charge in [-0.3, -0.25) is 14.8 Å². The summed E-state index contributed by atoms with van der Waals surface area (Å²) >= 11 is 0. The lowest BCUT2D eigenvalue weighted by molar-refractivity contribution is 0.0565. The number of rotatable bonds is 4. The molecule has 4 rings (SSSR count). The van der Waals surface area contributed by atoms with Crippen LogP contribution in [0.15, 0.2) is 36.4 Å². The molecule has 126 valence electrons. The number of nitrogens with one attached hydrogen (secondary N) is 1. The first-order valence-electron chi connectivity index (χ1n) is 8.55. The Balaban J connectivity index is 1.36. The molecule has 2 aliphatic rings. The Morgan fingerprint density at radius 2 is 2.12 bits per heavy atom. The van der Waals surface area contributed by atoms with Crippen LogP contribution < -0.4 is 4.74 Å². The molecule has 2 saturated heterocycles. The summed E-state index contributed by atoms with van der Waals surface area (Å²) < 4.78 is 5.68. The fourth-order valence-electron chi connectivity index (χ4n) is 3.56. The summed E-state index contributed by atoms with van der Waals surface area (Å²) in [7, 11) is 0. The second kappa shape index (κ2) is 6.65. The molecule has 2 aromatic rings. The number of benzene rings is 1. The van der Waals surface area contributed by atoms with Crippen molar-refractivity contribution >= 4 is 5.91 Å². The maximum Gasteiger partial charge on any atom is 0.274 e. The number of aromatic nitrogens is 2. The van der Waals surface area contributed by atoms with E-state index in [0.29, 0.717) is 18.3 Å². The highest BCUT2D eigenvalue weighted by molar-refractivity contribution is 5.92. The highest BCUT2D eigenvalue weighted by atomic mass is 16.5. The lowest BCUT2D eigenvalue weighted by Crippen LogP contribution is -2.52. The number of amides is 1. The number of aromatic amines is 1. The zero-order chi connectivity index (χ0) is 16.4. The summed E-state index contributed by atoms with van der Waals surface area (Å²) in [6.45, 7) is 4.14. The molecule has 1 aromatic heterocycles. The number of ether oxygens (including phenoxy) is 1. The van der Waals surface area contributed by atoms with Crippen LogP contribution in [-0.2, 0) is 6.61 Å². The van der Waals surface area contributed by atoms with Crippen LogP contribution in [0.3, 0.4) is 0 Å². The van der Waals surface area contributed by atoms with Gasteiger partial charge >= 0.3 is 0 Å². The van der Waals surface area contributed by atoms with E-state index in [2.05, 4.69) is 15.1 Å². The molecule has 0 saturated carbocycles. The molecule has 1 N–H and O–H groups in total. The Morgan fingerprint density at radius 1 is 1.25 bits per heavy atom. The zero-order valence-corrected chi connectivity index (χ0v) is 13.6. The van der Waals surface area contributed by atoms with Crippen LogP contribution in [0.2, 0.25) is 0 Å². The van der Waals surface area contributed by atoms with E-state index in [1.54, 1.807) is 6.07 Å². The smallest absolute Gasteiger partial charge is 0.274 e. The minimum atomic E-state index is 0.0174. The molecule has 1 atom stereocenters. The monoisotopic (exact) mass is 326 g/mol. The molecule has 6 nitrogen and oxygen atoms in total. The van der Waals surface area contributed by atoms with Gasteiger partial charge in [-0.25, -0.2) is 0 Å². The van der Waals surface area contributed by atoms with Crippen molar-refractivity contribution < 1.29 is 9.53 Å². The van der Waals surface area contributed by atoms with Gasteiger partial charge in [-0.1, -0.05) is 18.2 Å². The number of para-hydroxylation sites is 1. The summed E-state index contributed by atoms with van der Waals surface area (Å²) in [5, 5.41) is 7.09. The van der Waals surface area contributed by atoms with Crippen LogP contribution in [0.5, 0.6) is 5.75 Å². The van der Waals surface area contributed by atoms with Crippen molar-refractivity contribution in [2.75, 3.05) is 26.2 Å². The highest BCUT2D eigenvalue weighted by Crippen LogP contribution is 2.22. The molecule has 1 unspecified atom stereocenters. The molecular formula is C18H22N4O2. The SMILES string of the molecule is O=C(c1cc(COc2ccccc2)[nH]n1)N1CCN2CCCC2C1. The molecule has 3 heterocycles. The van der Waals surface area contributed by atoms with Crippen LogP contribution in [0.4, 0.5) is 0 Å². The van der Waals surface area contributed by atoms with Crippen molar-refractivity contribution in [3.05, 3.63) is 47.8 Å². The summed E-state index contributed by atoms with van der Waals surface area (Å²) in [6.07, 6.45) is 2.44. The van der Waals surface area contributed by atoms with Crippen LogP contribution in [0.25, 0.3) is 0 Å². The second-order valence-corrected chi connectivity index (χ2v) is 6.46. The van der Waals surface area contributed by atoms with Crippen LogP contribution in [0, 0.1) is 0 Å². The summed E-state index contributed by atoms with van der Waals surface area (Å²) in [5.74, 6) is 0.820. The Hall–Kier alpha value is -2.34. The van der Waals surface area contributed by atoms with Gasteiger partial charge in [0.1, 0.15) is 12.4 Å². The number of hydrogen-bond donors (Lipinski definition) is 1. The Labute approximate surface area is 141 Å². The minimum absolute atomic E-state index is 0.0174. The largest absolute Gasteiger partial charge is 0.487 e. The Bertz CT molecular complexity index is 700. The van der Waals surface area contributed by atoms with Crippen molar-refractivity contribution in [2.45, 2.75) is 25.5 Å². The predicted molar refractivity (Wildman–Crippen MR) is 89.9 cm³/mol. The van der Waals surface area contributed by atoms with Gasteiger partial charge in [0.2, 0.25) is 0 Å². The van der Waals surface area contributed by atoms with E-state index in [0.717, 1.165) is 31.1 Å². The number of carbonyl (C=O) groups is 1. The van der Waals surface area contributed by atoms with Crippen molar-refractivity contribution in [3.8, 4) is 5.75 Å². The molecule has 0 spiro atoms. The molecule has 0 aliphatic carbocycles. The van der Waals surface area contributed by atoms with Crippen molar-refractivity contribution in [3.63, 3.8) is 0 Å². The Kier molecular flexibility index (Phi) is 4.21. The quantitative estimate of drug-likeness (QED) is 0.932. The lowest BCUT2D eigenvalue weighted by Gasteiger charge is -2.37. The molecule has 2 fully saturated rings. The average molecular weight is 326 g/mol. The van der Waals surface area contributed by atoms with E-state index in [1.165, 1.54) is 19.4 Å². The van der Waals surface area contributed by atoms with E-state index in [-0.39, 0.29) is 5.91 Å². The van der Waals surface area contributed by atoms with Crippen LogP contribution in [-0.4, -0.2) is 58.1 Å². The number of piperazine rings is 1. The van der Waals surface area contributed by atoms with Crippen molar-refractivity contribution in [1.29, 1.82) is 0 Å². The highest BCUT2D eigenvalue weighted by Gasteiger charge is 2.33.